The topological polar surface area (TPSA) is 61.6 Å². The molecule has 0 bridgehead atoms. The molecule has 128 valence electrons. The largest absolute Gasteiger partial charge is 0.395 e. The number of nitrogens with zero attached hydrogens (tertiary/aromatic N) is 4. The summed E-state index contributed by atoms with van der Waals surface area (Å²) in [7, 11) is 0. The van der Waals surface area contributed by atoms with E-state index in [1.54, 1.807) is 10.9 Å². The van der Waals surface area contributed by atoms with Crippen molar-refractivity contribution in [2.24, 2.45) is 0 Å². The zero-order valence-corrected chi connectivity index (χ0v) is 14.0. The maximum atomic E-state index is 12.6. The molecular formula is C18H24N4O2. The zero-order valence-electron chi connectivity index (χ0n) is 14.0. The highest BCUT2D eigenvalue weighted by atomic mass is 16.3. The van der Waals surface area contributed by atoms with Crippen LogP contribution in [0.15, 0.2) is 42.7 Å². The number of aliphatic hydroxyl groups is 1. The predicted molar refractivity (Wildman–Crippen MR) is 92.2 cm³/mol. The van der Waals surface area contributed by atoms with E-state index >= 15 is 0 Å². The number of rotatable bonds is 5. The Balaban J connectivity index is 1.61. The van der Waals surface area contributed by atoms with Crippen molar-refractivity contribution in [3.8, 4) is 5.69 Å². The van der Waals surface area contributed by atoms with Gasteiger partial charge >= 0.3 is 0 Å². The van der Waals surface area contributed by atoms with E-state index in [9.17, 15) is 9.90 Å². The van der Waals surface area contributed by atoms with Crippen LogP contribution in [0, 0.1) is 0 Å². The summed E-state index contributed by atoms with van der Waals surface area (Å²) in [5.74, 6) is 0.0683. The second kappa shape index (κ2) is 7.59. The first-order valence-electron chi connectivity index (χ1n) is 8.47. The molecule has 1 aromatic heterocycles. The second-order valence-corrected chi connectivity index (χ2v) is 6.07. The lowest BCUT2D eigenvalue weighted by atomic mass is 10.1. The number of carbonyl (C=O) groups is 1. The molecule has 0 aliphatic carbocycles. The summed E-state index contributed by atoms with van der Waals surface area (Å²) in [5.41, 5.74) is 1.64. The Hall–Kier alpha value is -2.18. The maximum absolute atomic E-state index is 12.6. The summed E-state index contributed by atoms with van der Waals surface area (Å²) >= 11 is 0. The van der Waals surface area contributed by atoms with E-state index in [1.165, 1.54) is 0 Å². The molecule has 1 aromatic carbocycles. The van der Waals surface area contributed by atoms with Gasteiger partial charge in [-0.15, -0.1) is 0 Å². The molecule has 1 fully saturated rings. The van der Waals surface area contributed by atoms with Gasteiger partial charge in [0.25, 0.3) is 5.91 Å². The van der Waals surface area contributed by atoms with E-state index in [0.29, 0.717) is 18.7 Å². The van der Waals surface area contributed by atoms with E-state index in [4.69, 9.17) is 0 Å². The van der Waals surface area contributed by atoms with Gasteiger partial charge in [-0.3, -0.25) is 9.69 Å². The first-order valence-corrected chi connectivity index (χ1v) is 8.47. The van der Waals surface area contributed by atoms with Gasteiger partial charge in [0, 0.05) is 50.2 Å². The maximum Gasteiger partial charge on any atom is 0.253 e. The van der Waals surface area contributed by atoms with Gasteiger partial charge in [0.1, 0.15) is 0 Å². The number of hydrogen-bond acceptors (Lipinski definition) is 4. The average molecular weight is 328 g/mol. The quantitative estimate of drug-likeness (QED) is 0.901. The molecule has 6 nitrogen and oxygen atoms in total. The SMILES string of the molecule is CCC(CO)N1CCN(C(=O)c2ccc(-n3cccn3)cc2)CC1. The van der Waals surface area contributed by atoms with Crippen molar-refractivity contribution in [1.82, 2.24) is 19.6 Å². The lowest BCUT2D eigenvalue weighted by molar-refractivity contribution is 0.0472. The Kier molecular flexibility index (Phi) is 5.27. The van der Waals surface area contributed by atoms with Gasteiger partial charge < -0.3 is 10.0 Å². The van der Waals surface area contributed by atoms with Crippen molar-refractivity contribution in [2.75, 3.05) is 32.8 Å². The Labute approximate surface area is 142 Å². The molecule has 2 aromatic rings. The molecule has 1 aliphatic rings. The Bertz CT molecular complexity index is 642. The molecule has 1 unspecified atom stereocenters. The summed E-state index contributed by atoms with van der Waals surface area (Å²) < 4.78 is 1.77. The first-order chi connectivity index (χ1) is 11.7. The smallest absolute Gasteiger partial charge is 0.253 e. The number of piperazine rings is 1. The van der Waals surface area contributed by atoms with Crippen molar-refractivity contribution >= 4 is 5.91 Å². The second-order valence-electron chi connectivity index (χ2n) is 6.07. The van der Waals surface area contributed by atoms with Gasteiger partial charge in [0.05, 0.1) is 12.3 Å². The highest BCUT2D eigenvalue weighted by molar-refractivity contribution is 5.94. The molecule has 0 saturated carbocycles. The van der Waals surface area contributed by atoms with Gasteiger partial charge in [-0.05, 0) is 36.8 Å². The van der Waals surface area contributed by atoms with Crippen LogP contribution in [0.4, 0.5) is 0 Å². The van der Waals surface area contributed by atoms with Gasteiger partial charge in [-0.2, -0.15) is 5.10 Å². The van der Waals surface area contributed by atoms with E-state index in [2.05, 4.69) is 16.9 Å². The summed E-state index contributed by atoms with van der Waals surface area (Å²) in [4.78, 5) is 16.8. The summed E-state index contributed by atoms with van der Waals surface area (Å²) in [6.45, 7) is 5.30. The van der Waals surface area contributed by atoms with Gasteiger partial charge in [-0.25, -0.2) is 4.68 Å². The third-order valence-corrected chi connectivity index (χ3v) is 4.68. The molecule has 3 rings (SSSR count). The highest BCUT2D eigenvalue weighted by Gasteiger charge is 2.25. The van der Waals surface area contributed by atoms with Crippen LogP contribution in [0.1, 0.15) is 23.7 Å². The zero-order chi connectivity index (χ0) is 16.9. The van der Waals surface area contributed by atoms with Gasteiger partial charge in [0.2, 0.25) is 0 Å². The Morgan fingerprint density at radius 1 is 1.21 bits per heavy atom. The highest BCUT2D eigenvalue weighted by Crippen LogP contribution is 2.14. The third-order valence-electron chi connectivity index (χ3n) is 4.68. The minimum Gasteiger partial charge on any atom is -0.395 e. The molecule has 1 atom stereocenters. The monoisotopic (exact) mass is 328 g/mol. The van der Waals surface area contributed by atoms with Crippen LogP contribution in [0.2, 0.25) is 0 Å². The van der Waals surface area contributed by atoms with Crippen molar-refractivity contribution in [3.05, 3.63) is 48.3 Å². The lowest BCUT2D eigenvalue weighted by Gasteiger charge is -2.38. The Morgan fingerprint density at radius 2 is 1.92 bits per heavy atom. The first kappa shape index (κ1) is 16.7. The molecule has 1 saturated heterocycles. The fourth-order valence-electron chi connectivity index (χ4n) is 3.15. The van der Waals surface area contributed by atoms with Gasteiger partial charge in [-0.1, -0.05) is 6.92 Å². The molecule has 0 spiro atoms. The fraction of sp³-hybridized carbons (Fsp3) is 0.444. The Morgan fingerprint density at radius 3 is 2.46 bits per heavy atom. The molecule has 6 heteroatoms. The molecular weight excluding hydrogens is 304 g/mol. The van der Waals surface area contributed by atoms with Crippen molar-refractivity contribution in [2.45, 2.75) is 19.4 Å². The molecule has 2 heterocycles. The van der Waals surface area contributed by atoms with E-state index in [1.807, 2.05) is 41.4 Å². The van der Waals surface area contributed by atoms with Crippen LogP contribution in [-0.4, -0.2) is 69.4 Å². The average Bonchev–Trinajstić information content (AvgIpc) is 3.18. The number of benzene rings is 1. The van der Waals surface area contributed by atoms with Crippen molar-refractivity contribution in [1.29, 1.82) is 0 Å². The molecule has 1 aliphatic heterocycles. The number of aliphatic hydroxyl groups excluding tert-OH is 1. The molecule has 24 heavy (non-hydrogen) atoms. The minimum absolute atomic E-state index is 0.0683. The summed E-state index contributed by atoms with van der Waals surface area (Å²) in [5, 5.41) is 13.6. The summed E-state index contributed by atoms with van der Waals surface area (Å²) in [6, 6.07) is 9.61. The molecule has 1 amide bonds. The normalized spacial score (nSPS) is 17.0. The van der Waals surface area contributed by atoms with Crippen LogP contribution in [-0.2, 0) is 0 Å². The predicted octanol–water partition coefficient (Wildman–Crippen LogP) is 1.40. The lowest BCUT2D eigenvalue weighted by Crippen LogP contribution is -2.52. The van der Waals surface area contributed by atoms with E-state index < -0.39 is 0 Å². The fourth-order valence-corrected chi connectivity index (χ4v) is 3.15. The van der Waals surface area contributed by atoms with Crippen LogP contribution >= 0.6 is 0 Å². The van der Waals surface area contributed by atoms with Gasteiger partial charge in [0.15, 0.2) is 0 Å². The van der Waals surface area contributed by atoms with E-state index in [-0.39, 0.29) is 18.6 Å². The number of amides is 1. The van der Waals surface area contributed by atoms with Crippen molar-refractivity contribution < 1.29 is 9.90 Å². The molecule has 1 N–H and O–H groups in total. The standard InChI is InChI=1S/C18H24N4O2/c1-2-16(14-23)20-10-12-21(13-11-20)18(24)15-4-6-17(7-5-15)22-9-3-8-19-22/h3-9,16,23H,2,10-14H2,1H3. The number of hydrogen-bond donors (Lipinski definition) is 1. The van der Waals surface area contributed by atoms with Crippen LogP contribution < -0.4 is 0 Å². The molecule has 0 radical (unpaired) electrons. The summed E-state index contributed by atoms with van der Waals surface area (Å²) in [6.07, 6.45) is 4.54. The third kappa shape index (κ3) is 3.49. The number of carbonyl (C=O) groups excluding carboxylic acids is 1. The number of aromatic nitrogens is 2. The van der Waals surface area contributed by atoms with Crippen LogP contribution in [0.5, 0.6) is 0 Å². The van der Waals surface area contributed by atoms with Crippen LogP contribution in [0.3, 0.4) is 0 Å². The minimum atomic E-state index is 0.0683. The van der Waals surface area contributed by atoms with Crippen LogP contribution in [0.25, 0.3) is 5.69 Å². The van der Waals surface area contributed by atoms with Crippen molar-refractivity contribution in [3.63, 3.8) is 0 Å². The van der Waals surface area contributed by atoms with E-state index in [0.717, 1.165) is 25.2 Å².